The predicted octanol–water partition coefficient (Wildman–Crippen LogP) is 4.58. The lowest BCUT2D eigenvalue weighted by Crippen LogP contribution is -2.50. The summed E-state index contributed by atoms with van der Waals surface area (Å²) in [4.78, 5) is 63.8. The maximum absolute atomic E-state index is 13.1. The molecule has 2 aromatic rings. The van der Waals surface area contributed by atoms with Gasteiger partial charge in [0.2, 0.25) is 0 Å². The molecule has 4 amide bonds. The van der Waals surface area contributed by atoms with Crippen molar-refractivity contribution < 1.29 is 28.7 Å². The number of imide groups is 1. The van der Waals surface area contributed by atoms with Gasteiger partial charge in [0.05, 0.1) is 31.2 Å². The lowest BCUT2D eigenvalue weighted by Gasteiger charge is -2.27. The molecule has 1 aliphatic rings. The second-order valence-corrected chi connectivity index (χ2v) is 9.74. The molecule has 2 N–H and O–H groups in total. The van der Waals surface area contributed by atoms with Gasteiger partial charge in [-0.1, -0.05) is 71.9 Å². The molecule has 0 unspecified atom stereocenters. The Morgan fingerprint density at radius 2 is 1.33 bits per heavy atom. The SMILES string of the molecule is CC(C)[C@@H](C(=O)OCC(=O)NNC(=O)c1ccc(Cl)cc1)N1C(=O)c2c(Cl)c(Cl)c(Cl)c(Cl)c2C1=O. The molecule has 0 fully saturated rings. The number of ether oxygens (including phenoxy) is 1. The van der Waals surface area contributed by atoms with Crippen LogP contribution in [0, 0.1) is 5.92 Å². The molecule has 1 heterocycles. The predicted molar refractivity (Wildman–Crippen MR) is 134 cm³/mol. The number of hydrogen-bond acceptors (Lipinski definition) is 6. The van der Waals surface area contributed by atoms with Gasteiger partial charge in [-0.3, -0.25) is 34.9 Å². The van der Waals surface area contributed by atoms with Crippen molar-refractivity contribution in [3.8, 4) is 0 Å². The van der Waals surface area contributed by atoms with Gasteiger partial charge < -0.3 is 4.74 Å². The van der Waals surface area contributed by atoms with Crippen LogP contribution in [-0.2, 0) is 14.3 Å². The number of amides is 4. The smallest absolute Gasteiger partial charge is 0.330 e. The molecule has 14 heteroatoms. The van der Waals surface area contributed by atoms with Gasteiger partial charge in [-0.05, 0) is 30.2 Å². The van der Waals surface area contributed by atoms with Crippen molar-refractivity contribution in [1.82, 2.24) is 15.8 Å². The van der Waals surface area contributed by atoms with Crippen molar-refractivity contribution in [2.45, 2.75) is 19.9 Å². The first-order valence-electron chi connectivity index (χ1n) is 10.1. The number of hydrogen-bond donors (Lipinski definition) is 2. The Labute approximate surface area is 229 Å². The summed E-state index contributed by atoms with van der Waals surface area (Å²) >= 11 is 30.1. The molecule has 190 valence electrons. The van der Waals surface area contributed by atoms with Crippen LogP contribution in [0.25, 0.3) is 0 Å². The first-order valence-corrected chi connectivity index (χ1v) is 12.0. The number of esters is 1. The van der Waals surface area contributed by atoms with Crippen molar-refractivity contribution >= 4 is 87.6 Å². The Morgan fingerprint density at radius 1 is 0.833 bits per heavy atom. The van der Waals surface area contributed by atoms with Gasteiger partial charge in [-0.15, -0.1) is 0 Å². The molecule has 3 rings (SSSR count). The molecule has 0 saturated heterocycles. The van der Waals surface area contributed by atoms with Crippen molar-refractivity contribution in [2.24, 2.45) is 5.92 Å². The maximum Gasteiger partial charge on any atom is 0.330 e. The molecule has 36 heavy (non-hydrogen) atoms. The molecular weight excluding hydrogens is 580 g/mol. The third-order valence-corrected chi connectivity index (χ3v) is 7.10. The monoisotopic (exact) mass is 593 g/mol. The molecule has 0 radical (unpaired) electrons. The quantitative estimate of drug-likeness (QED) is 0.166. The standard InChI is InChI=1S/C22H16Cl5N3O6/c1-8(2)18(30-20(33)12-13(21(30)34)15(25)17(27)16(26)14(12)24)22(35)36-7-11(31)28-29-19(32)9-3-5-10(23)6-4-9/h3-6,8,18H,7H2,1-2H3,(H,28,31)(H,29,32)/t18-/m0/s1. The minimum atomic E-state index is -1.43. The third-order valence-electron chi connectivity index (χ3n) is 5.05. The van der Waals surface area contributed by atoms with Gasteiger partial charge in [-0.2, -0.15) is 0 Å². The van der Waals surface area contributed by atoms with E-state index in [2.05, 4.69) is 10.9 Å². The average molecular weight is 596 g/mol. The van der Waals surface area contributed by atoms with Crippen molar-refractivity contribution in [3.05, 3.63) is 66.1 Å². The minimum absolute atomic E-state index is 0.217. The van der Waals surface area contributed by atoms with Gasteiger partial charge in [0, 0.05) is 10.6 Å². The number of fused-ring (bicyclic) bond motifs is 1. The summed E-state index contributed by atoms with van der Waals surface area (Å²) in [7, 11) is 0. The van der Waals surface area contributed by atoms with Gasteiger partial charge in [-0.25, -0.2) is 4.79 Å². The molecule has 1 aliphatic heterocycles. The highest BCUT2D eigenvalue weighted by atomic mass is 35.5. The number of carbonyl (C=O) groups is 5. The van der Waals surface area contributed by atoms with Crippen LogP contribution >= 0.6 is 58.0 Å². The number of benzene rings is 2. The molecule has 0 bridgehead atoms. The van der Waals surface area contributed by atoms with Gasteiger partial charge >= 0.3 is 5.97 Å². The van der Waals surface area contributed by atoms with Crippen LogP contribution in [0.4, 0.5) is 0 Å². The van der Waals surface area contributed by atoms with E-state index in [1.165, 1.54) is 24.3 Å². The normalized spacial score (nSPS) is 13.5. The molecule has 0 saturated carbocycles. The summed E-state index contributed by atoms with van der Waals surface area (Å²) in [6.07, 6.45) is 0. The van der Waals surface area contributed by atoms with Crippen LogP contribution in [0.15, 0.2) is 24.3 Å². The first-order chi connectivity index (χ1) is 16.9. The lowest BCUT2D eigenvalue weighted by atomic mass is 10.0. The zero-order valence-corrected chi connectivity index (χ0v) is 22.2. The summed E-state index contributed by atoms with van der Waals surface area (Å²) in [6.45, 7) is 2.31. The van der Waals surface area contributed by atoms with Gasteiger partial charge in [0.15, 0.2) is 6.61 Å². The Morgan fingerprint density at radius 3 is 1.81 bits per heavy atom. The fourth-order valence-corrected chi connectivity index (χ4v) is 4.49. The van der Waals surface area contributed by atoms with Crippen LogP contribution in [0.5, 0.6) is 0 Å². The number of hydrazine groups is 1. The molecule has 2 aromatic carbocycles. The van der Waals surface area contributed by atoms with E-state index in [0.29, 0.717) is 9.92 Å². The first kappa shape index (κ1) is 28.0. The fraction of sp³-hybridized carbons (Fsp3) is 0.227. The van der Waals surface area contributed by atoms with E-state index in [1.807, 2.05) is 0 Å². The zero-order valence-electron chi connectivity index (χ0n) is 18.5. The van der Waals surface area contributed by atoms with E-state index < -0.39 is 48.2 Å². The Hall–Kier alpha value is -2.56. The number of carbonyl (C=O) groups excluding carboxylic acids is 5. The van der Waals surface area contributed by atoms with E-state index in [9.17, 15) is 24.0 Å². The van der Waals surface area contributed by atoms with Crippen molar-refractivity contribution in [2.75, 3.05) is 6.61 Å². The zero-order chi connectivity index (χ0) is 26.9. The van der Waals surface area contributed by atoms with Crippen LogP contribution in [-0.4, -0.2) is 47.1 Å². The summed E-state index contributed by atoms with van der Waals surface area (Å²) in [5.74, 6) is -5.03. The molecule has 0 aliphatic carbocycles. The van der Waals surface area contributed by atoms with Gasteiger partial charge in [0.25, 0.3) is 23.6 Å². The maximum atomic E-state index is 13.1. The van der Waals surface area contributed by atoms with Crippen molar-refractivity contribution in [3.63, 3.8) is 0 Å². The van der Waals surface area contributed by atoms with Crippen molar-refractivity contribution in [1.29, 1.82) is 0 Å². The van der Waals surface area contributed by atoms with E-state index >= 15 is 0 Å². The van der Waals surface area contributed by atoms with Crippen LogP contribution < -0.4 is 10.9 Å². The summed E-state index contributed by atoms with van der Waals surface area (Å²) in [6, 6.07) is 4.44. The van der Waals surface area contributed by atoms with E-state index in [1.54, 1.807) is 13.8 Å². The second kappa shape index (κ2) is 11.2. The largest absolute Gasteiger partial charge is 0.454 e. The summed E-state index contributed by atoms with van der Waals surface area (Å²) in [5, 5.41) is -0.574. The average Bonchev–Trinajstić information content (AvgIpc) is 3.09. The third kappa shape index (κ3) is 5.40. The lowest BCUT2D eigenvalue weighted by molar-refractivity contribution is -0.153. The fourth-order valence-electron chi connectivity index (χ4n) is 3.35. The van der Waals surface area contributed by atoms with E-state index in [0.717, 1.165) is 0 Å². The number of nitrogens with zero attached hydrogens (tertiary/aromatic N) is 1. The summed E-state index contributed by atoms with van der Waals surface area (Å²) < 4.78 is 5.01. The molecular formula is C22H16Cl5N3O6. The Balaban J connectivity index is 1.69. The van der Waals surface area contributed by atoms with E-state index in [-0.39, 0.29) is 36.8 Å². The molecule has 1 atom stereocenters. The Bertz CT molecular complexity index is 1240. The summed E-state index contributed by atoms with van der Waals surface area (Å²) in [5.41, 5.74) is 3.88. The highest BCUT2D eigenvalue weighted by molar-refractivity contribution is 6.55. The van der Waals surface area contributed by atoms with Crippen LogP contribution in [0.3, 0.4) is 0 Å². The Kier molecular flexibility index (Phi) is 8.74. The van der Waals surface area contributed by atoms with E-state index in [4.69, 9.17) is 62.7 Å². The second-order valence-electron chi connectivity index (χ2n) is 7.79. The number of rotatable bonds is 6. The highest BCUT2D eigenvalue weighted by Gasteiger charge is 2.48. The van der Waals surface area contributed by atoms with Crippen LogP contribution in [0.1, 0.15) is 44.9 Å². The highest BCUT2D eigenvalue weighted by Crippen LogP contribution is 2.45. The number of halogens is 5. The molecule has 0 spiro atoms. The minimum Gasteiger partial charge on any atom is -0.454 e. The topological polar surface area (TPSA) is 122 Å². The molecule has 0 aromatic heterocycles. The molecule has 9 nitrogen and oxygen atoms in total. The van der Waals surface area contributed by atoms with Crippen LogP contribution in [0.2, 0.25) is 25.1 Å². The number of nitrogens with one attached hydrogen (secondary N) is 2. The van der Waals surface area contributed by atoms with Gasteiger partial charge in [0.1, 0.15) is 6.04 Å².